The Hall–Kier alpha value is -0.870. The molecule has 0 aliphatic carbocycles. The lowest BCUT2D eigenvalue weighted by Crippen LogP contribution is -2.36. The summed E-state index contributed by atoms with van der Waals surface area (Å²) in [5.41, 5.74) is 0. The fraction of sp³-hybridized carbons (Fsp3) is 0.643. The number of hydrogen-bond acceptors (Lipinski definition) is 3. The van der Waals surface area contributed by atoms with E-state index in [0.717, 1.165) is 25.9 Å². The van der Waals surface area contributed by atoms with E-state index in [9.17, 15) is 4.79 Å². The largest absolute Gasteiger partial charge is 0.481 e. The van der Waals surface area contributed by atoms with E-state index in [4.69, 9.17) is 5.11 Å². The van der Waals surface area contributed by atoms with Gasteiger partial charge < -0.3 is 10.0 Å². The first-order valence-corrected chi connectivity index (χ1v) is 7.58. The van der Waals surface area contributed by atoms with Gasteiger partial charge in [-0.1, -0.05) is 6.07 Å². The van der Waals surface area contributed by atoms with Gasteiger partial charge >= 0.3 is 5.97 Å². The van der Waals surface area contributed by atoms with Crippen molar-refractivity contribution in [3.05, 3.63) is 22.4 Å². The molecular formula is C14H21NO2S. The summed E-state index contributed by atoms with van der Waals surface area (Å²) in [6.45, 7) is 3.37. The Morgan fingerprint density at radius 3 is 3.17 bits per heavy atom. The average Bonchev–Trinajstić information content (AvgIpc) is 2.87. The van der Waals surface area contributed by atoms with Gasteiger partial charge in [0.25, 0.3) is 0 Å². The normalized spacial score (nSPS) is 21.0. The number of carbonyl (C=O) groups is 1. The maximum Gasteiger partial charge on any atom is 0.303 e. The maximum absolute atomic E-state index is 10.6. The summed E-state index contributed by atoms with van der Waals surface area (Å²) in [6.07, 6.45) is 4.70. The summed E-state index contributed by atoms with van der Waals surface area (Å²) >= 11 is 1.82. The SMILES string of the molecule is O=C(O)CCC1CCCN(CCc2cccs2)C1. The lowest BCUT2D eigenvalue weighted by atomic mass is 9.93. The van der Waals surface area contributed by atoms with Crippen molar-refractivity contribution in [1.29, 1.82) is 0 Å². The van der Waals surface area contributed by atoms with Crippen molar-refractivity contribution >= 4 is 17.3 Å². The lowest BCUT2D eigenvalue weighted by molar-refractivity contribution is -0.137. The van der Waals surface area contributed by atoms with Crippen LogP contribution in [0.2, 0.25) is 0 Å². The molecule has 2 rings (SSSR count). The highest BCUT2D eigenvalue weighted by atomic mass is 32.1. The fourth-order valence-electron chi connectivity index (χ4n) is 2.64. The highest BCUT2D eigenvalue weighted by molar-refractivity contribution is 7.09. The number of rotatable bonds is 6. The second-order valence-electron chi connectivity index (χ2n) is 5.07. The predicted molar refractivity (Wildman–Crippen MR) is 74.1 cm³/mol. The Bertz CT molecular complexity index is 364. The standard InChI is InChI=1S/C14H21NO2S/c16-14(17)6-5-12-3-1-8-15(11-12)9-7-13-4-2-10-18-13/h2,4,10,12H,1,3,5-9,11H2,(H,16,17). The molecular weight excluding hydrogens is 246 g/mol. The minimum atomic E-state index is -0.661. The number of hydrogen-bond donors (Lipinski definition) is 1. The zero-order valence-electron chi connectivity index (χ0n) is 10.7. The van der Waals surface area contributed by atoms with E-state index in [1.807, 2.05) is 11.3 Å². The average molecular weight is 267 g/mol. The quantitative estimate of drug-likeness (QED) is 0.861. The number of piperidine rings is 1. The van der Waals surface area contributed by atoms with Crippen LogP contribution in [0.3, 0.4) is 0 Å². The van der Waals surface area contributed by atoms with Crippen LogP contribution in [0, 0.1) is 5.92 Å². The van der Waals surface area contributed by atoms with Crippen molar-refractivity contribution in [2.45, 2.75) is 32.1 Å². The van der Waals surface area contributed by atoms with Gasteiger partial charge in [-0.3, -0.25) is 4.79 Å². The predicted octanol–water partition coefficient (Wildman–Crippen LogP) is 2.87. The van der Waals surface area contributed by atoms with Gasteiger partial charge in [0.2, 0.25) is 0 Å². The van der Waals surface area contributed by atoms with Crippen LogP contribution in [0.5, 0.6) is 0 Å². The molecule has 0 amide bonds. The Balaban J connectivity index is 1.71. The molecule has 1 aromatic heterocycles. The Morgan fingerprint density at radius 2 is 2.44 bits per heavy atom. The van der Waals surface area contributed by atoms with Crippen LogP contribution in [0.4, 0.5) is 0 Å². The maximum atomic E-state index is 10.6. The highest BCUT2D eigenvalue weighted by Gasteiger charge is 2.20. The fourth-order valence-corrected chi connectivity index (χ4v) is 3.34. The zero-order valence-corrected chi connectivity index (χ0v) is 11.5. The molecule has 1 unspecified atom stereocenters. The molecule has 0 spiro atoms. The van der Waals surface area contributed by atoms with Gasteiger partial charge in [-0.25, -0.2) is 0 Å². The van der Waals surface area contributed by atoms with Gasteiger partial charge in [0.1, 0.15) is 0 Å². The van der Waals surface area contributed by atoms with Crippen molar-refractivity contribution in [2.75, 3.05) is 19.6 Å². The Morgan fingerprint density at radius 1 is 1.56 bits per heavy atom. The summed E-state index contributed by atoms with van der Waals surface area (Å²) in [5.74, 6) is -0.0797. The Kier molecular flexibility index (Phi) is 5.20. The van der Waals surface area contributed by atoms with Gasteiger partial charge in [0, 0.05) is 24.4 Å². The molecule has 18 heavy (non-hydrogen) atoms. The van der Waals surface area contributed by atoms with E-state index < -0.39 is 5.97 Å². The molecule has 0 radical (unpaired) electrons. The number of carboxylic acids is 1. The van der Waals surface area contributed by atoms with E-state index in [1.54, 1.807) is 0 Å². The monoisotopic (exact) mass is 267 g/mol. The minimum absolute atomic E-state index is 0.323. The van der Waals surface area contributed by atoms with Crippen LogP contribution in [-0.4, -0.2) is 35.6 Å². The molecule has 0 bridgehead atoms. The molecule has 1 aromatic rings. The van der Waals surface area contributed by atoms with Crippen LogP contribution in [0.15, 0.2) is 17.5 Å². The number of aliphatic carboxylic acids is 1. The van der Waals surface area contributed by atoms with E-state index in [1.165, 1.54) is 24.3 Å². The van der Waals surface area contributed by atoms with Crippen molar-refractivity contribution in [1.82, 2.24) is 4.90 Å². The summed E-state index contributed by atoms with van der Waals surface area (Å²) in [5, 5.41) is 10.9. The minimum Gasteiger partial charge on any atom is -0.481 e. The van der Waals surface area contributed by atoms with Crippen LogP contribution in [-0.2, 0) is 11.2 Å². The number of carboxylic acid groups (broad SMARTS) is 1. The number of nitrogens with zero attached hydrogens (tertiary/aromatic N) is 1. The summed E-state index contributed by atoms with van der Waals surface area (Å²) in [7, 11) is 0. The molecule has 1 aliphatic heterocycles. The first kappa shape index (κ1) is 13.6. The van der Waals surface area contributed by atoms with E-state index in [0.29, 0.717) is 12.3 Å². The van der Waals surface area contributed by atoms with Crippen LogP contribution >= 0.6 is 11.3 Å². The zero-order chi connectivity index (χ0) is 12.8. The molecule has 4 heteroatoms. The molecule has 1 fully saturated rings. The molecule has 0 aromatic carbocycles. The summed E-state index contributed by atoms with van der Waals surface area (Å²) < 4.78 is 0. The molecule has 3 nitrogen and oxygen atoms in total. The second-order valence-corrected chi connectivity index (χ2v) is 6.10. The molecule has 0 saturated carbocycles. The van der Waals surface area contributed by atoms with E-state index in [2.05, 4.69) is 22.4 Å². The van der Waals surface area contributed by atoms with E-state index >= 15 is 0 Å². The van der Waals surface area contributed by atoms with Crippen molar-refractivity contribution in [3.63, 3.8) is 0 Å². The first-order chi connectivity index (χ1) is 8.74. The molecule has 2 heterocycles. The van der Waals surface area contributed by atoms with E-state index in [-0.39, 0.29) is 0 Å². The molecule has 1 N–H and O–H groups in total. The van der Waals surface area contributed by atoms with Crippen LogP contribution in [0.25, 0.3) is 0 Å². The third-order valence-corrected chi connectivity index (χ3v) is 4.56. The van der Waals surface area contributed by atoms with Crippen molar-refractivity contribution in [2.24, 2.45) is 5.92 Å². The second kappa shape index (κ2) is 6.90. The third-order valence-electron chi connectivity index (χ3n) is 3.62. The smallest absolute Gasteiger partial charge is 0.303 e. The Labute approximate surface area is 112 Å². The summed E-state index contributed by atoms with van der Waals surface area (Å²) in [6, 6.07) is 4.29. The van der Waals surface area contributed by atoms with Gasteiger partial charge in [0.05, 0.1) is 0 Å². The van der Waals surface area contributed by atoms with Crippen molar-refractivity contribution < 1.29 is 9.90 Å². The van der Waals surface area contributed by atoms with Crippen LogP contribution in [0.1, 0.15) is 30.6 Å². The molecule has 1 saturated heterocycles. The molecule has 1 aliphatic rings. The van der Waals surface area contributed by atoms with Gasteiger partial charge in [-0.05, 0) is 49.6 Å². The first-order valence-electron chi connectivity index (χ1n) is 6.70. The van der Waals surface area contributed by atoms with Crippen LogP contribution < -0.4 is 0 Å². The van der Waals surface area contributed by atoms with Gasteiger partial charge in [-0.2, -0.15) is 0 Å². The molecule has 100 valence electrons. The molecule has 1 atom stereocenters. The summed E-state index contributed by atoms with van der Waals surface area (Å²) in [4.78, 5) is 14.5. The topological polar surface area (TPSA) is 40.5 Å². The van der Waals surface area contributed by atoms with Gasteiger partial charge in [0.15, 0.2) is 0 Å². The van der Waals surface area contributed by atoms with Gasteiger partial charge in [-0.15, -0.1) is 11.3 Å². The highest BCUT2D eigenvalue weighted by Crippen LogP contribution is 2.21. The lowest BCUT2D eigenvalue weighted by Gasteiger charge is -2.32. The number of likely N-dealkylation sites (tertiary alicyclic amines) is 1. The third kappa shape index (κ3) is 4.42. The van der Waals surface area contributed by atoms with Crippen molar-refractivity contribution in [3.8, 4) is 0 Å². The number of thiophene rings is 1.